The van der Waals surface area contributed by atoms with Crippen LogP contribution in [-0.2, 0) is 4.74 Å². The number of benzene rings is 2. The molecule has 1 aromatic heterocycles. The van der Waals surface area contributed by atoms with Gasteiger partial charge in [-0.3, -0.25) is 4.79 Å². The molecule has 0 radical (unpaired) electrons. The van der Waals surface area contributed by atoms with Crippen LogP contribution in [0.1, 0.15) is 47.2 Å². The number of anilines is 2. The molecular weight excluding hydrogens is 360 g/mol. The van der Waals surface area contributed by atoms with Gasteiger partial charge in [0.05, 0.1) is 28.3 Å². The van der Waals surface area contributed by atoms with Crippen molar-refractivity contribution in [3.8, 4) is 6.07 Å². The van der Waals surface area contributed by atoms with Gasteiger partial charge in [0.2, 0.25) is 5.76 Å². The molecule has 8 heteroatoms. The summed E-state index contributed by atoms with van der Waals surface area (Å²) in [6.45, 7) is 5.18. The van der Waals surface area contributed by atoms with Crippen LogP contribution >= 0.6 is 0 Å². The van der Waals surface area contributed by atoms with Gasteiger partial charge in [-0.25, -0.2) is 4.79 Å². The molecule has 0 fully saturated rings. The lowest BCUT2D eigenvalue weighted by molar-refractivity contribution is 0.00707. The maximum absolute atomic E-state index is 12.7. The number of ether oxygens (including phenoxy) is 1. The second-order valence-electron chi connectivity index (χ2n) is 7.12. The number of rotatable bonds is 3. The van der Waals surface area contributed by atoms with Gasteiger partial charge in [-0.1, -0.05) is 5.16 Å². The van der Waals surface area contributed by atoms with Gasteiger partial charge >= 0.3 is 5.97 Å². The van der Waals surface area contributed by atoms with Gasteiger partial charge in [-0.2, -0.15) is 5.26 Å². The Bertz CT molecular complexity index is 1120. The summed E-state index contributed by atoms with van der Waals surface area (Å²) in [6.07, 6.45) is 0. The van der Waals surface area contributed by atoms with Crippen molar-refractivity contribution in [1.82, 2.24) is 5.16 Å². The number of carbonyl (C=O) groups excluding carboxylic acids is 2. The molecule has 0 saturated carbocycles. The molecule has 0 spiro atoms. The lowest BCUT2D eigenvalue weighted by Gasteiger charge is -2.20. The van der Waals surface area contributed by atoms with Crippen LogP contribution < -0.4 is 11.1 Å². The summed E-state index contributed by atoms with van der Waals surface area (Å²) >= 11 is 0. The van der Waals surface area contributed by atoms with Crippen molar-refractivity contribution < 1.29 is 18.8 Å². The number of nitrogens with zero attached hydrogens (tertiary/aromatic N) is 2. The second-order valence-corrected chi connectivity index (χ2v) is 7.12. The summed E-state index contributed by atoms with van der Waals surface area (Å²) < 4.78 is 10.5. The molecule has 0 saturated heterocycles. The average Bonchev–Trinajstić information content (AvgIpc) is 3.03. The number of aromatic nitrogens is 1. The minimum Gasteiger partial charge on any atom is -0.456 e. The van der Waals surface area contributed by atoms with Gasteiger partial charge < -0.3 is 20.3 Å². The zero-order valence-electron chi connectivity index (χ0n) is 15.6. The molecule has 142 valence electrons. The number of hydrogen-bond acceptors (Lipinski definition) is 7. The number of amides is 1. The van der Waals surface area contributed by atoms with Crippen LogP contribution in [0.25, 0.3) is 10.9 Å². The van der Waals surface area contributed by atoms with E-state index >= 15 is 0 Å². The highest BCUT2D eigenvalue weighted by Gasteiger charge is 2.23. The van der Waals surface area contributed by atoms with E-state index in [-0.39, 0.29) is 22.6 Å². The quantitative estimate of drug-likeness (QED) is 0.527. The van der Waals surface area contributed by atoms with Crippen LogP contribution in [0.4, 0.5) is 11.4 Å². The number of hydrogen-bond donors (Lipinski definition) is 2. The monoisotopic (exact) mass is 378 g/mol. The fourth-order valence-corrected chi connectivity index (χ4v) is 2.53. The lowest BCUT2D eigenvalue weighted by atomic mass is 10.1. The topological polar surface area (TPSA) is 131 Å². The minimum absolute atomic E-state index is 0.0190. The highest BCUT2D eigenvalue weighted by molar-refractivity contribution is 6.12. The highest BCUT2D eigenvalue weighted by Crippen LogP contribution is 2.25. The van der Waals surface area contributed by atoms with Gasteiger partial charge in [0.15, 0.2) is 0 Å². The van der Waals surface area contributed by atoms with Crippen molar-refractivity contribution in [2.24, 2.45) is 0 Å². The third-order valence-electron chi connectivity index (χ3n) is 3.72. The van der Waals surface area contributed by atoms with Crippen molar-refractivity contribution >= 4 is 34.2 Å². The van der Waals surface area contributed by atoms with Crippen LogP contribution in [0.5, 0.6) is 0 Å². The maximum atomic E-state index is 12.7. The van der Waals surface area contributed by atoms with Gasteiger partial charge in [0, 0.05) is 5.69 Å². The molecule has 3 N–H and O–H groups in total. The van der Waals surface area contributed by atoms with E-state index in [1.807, 2.05) is 6.07 Å². The van der Waals surface area contributed by atoms with Crippen LogP contribution in [-0.4, -0.2) is 22.6 Å². The standard InChI is InChI=1S/C20H18N4O4/c1-20(2,3)27-19(26)14-8-11(10-21)4-7-15(14)23-18(25)17-13-6-5-12(22)9-16(13)24-28-17/h4-9H,22H2,1-3H3,(H,23,25). The first-order valence-corrected chi connectivity index (χ1v) is 8.42. The molecule has 0 aliphatic carbocycles. The van der Waals surface area contributed by atoms with Gasteiger partial charge in [-0.05, 0) is 57.2 Å². The van der Waals surface area contributed by atoms with Crippen LogP contribution in [0.15, 0.2) is 40.9 Å². The zero-order valence-corrected chi connectivity index (χ0v) is 15.6. The van der Waals surface area contributed by atoms with Gasteiger partial charge in [-0.15, -0.1) is 0 Å². The Labute approximate surface area is 160 Å². The minimum atomic E-state index is -0.734. The summed E-state index contributed by atoms with van der Waals surface area (Å²) in [5.41, 5.74) is 6.43. The largest absolute Gasteiger partial charge is 0.456 e. The summed E-state index contributed by atoms with van der Waals surface area (Å²) in [7, 11) is 0. The van der Waals surface area contributed by atoms with E-state index in [0.717, 1.165) is 0 Å². The fourth-order valence-electron chi connectivity index (χ4n) is 2.53. The van der Waals surface area contributed by atoms with Crippen molar-refractivity contribution in [1.29, 1.82) is 5.26 Å². The molecule has 28 heavy (non-hydrogen) atoms. The molecule has 0 aliphatic rings. The Hall–Kier alpha value is -3.86. The molecule has 8 nitrogen and oxygen atoms in total. The molecule has 1 amide bonds. The highest BCUT2D eigenvalue weighted by atomic mass is 16.6. The van der Waals surface area contributed by atoms with E-state index < -0.39 is 17.5 Å². The summed E-state index contributed by atoms with van der Waals surface area (Å²) in [5.74, 6) is -1.27. The van der Waals surface area contributed by atoms with Gasteiger partial charge in [0.1, 0.15) is 11.1 Å². The van der Waals surface area contributed by atoms with E-state index in [4.69, 9.17) is 20.3 Å². The molecule has 3 aromatic rings. The third kappa shape index (κ3) is 3.94. The van der Waals surface area contributed by atoms with Crippen LogP contribution in [0, 0.1) is 11.3 Å². The third-order valence-corrected chi connectivity index (χ3v) is 3.72. The Morgan fingerprint density at radius 2 is 1.96 bits per heavy atom. The van der Waals surface area contributed by atoms with E-state index in [9.17, 15) is 9.59 Å². The average molecular weight is 378 g/mol. The molecule has 0 atom stereocenters. The molecule has 2 aromatic carbocycles. The van der Waals surface area contributed by atoms with Crippen molar-refractivity contribution in [2.45, 2.75) is 26.4 Å². The first-order valence-electron chi connectivity index (χ1n) is 8.42. The number of fused-ring (bicyclic) bond motifs is 1. The Kier molecular flexibility index (Phi) is 4.76. The molecule has 3 rings (SSSR count). The van der Waals surface area contributed by atoms with E-state index in [2.05, 4.69) is 10.5 Å². The number of carbonyl (C=O) groups is 2. The number of nitrogen functional groups attached to an aromatic ring is 1. The van der Waals surface area contributed by atoms with Crippen LogP contribution in [0.3, 0.4) is 0 Å². The molecule has 0 aliphatic heterocycles. The zero-order chi connectivity index (χ0) is 20.5. The Morgan fingerprint density at radius 1 is 1.21 bits per heavy atom. The number of nitrogens with two attached hydrogens (primary N) is 1. The number of nitrogens with one attached hydrogen (secondary N) is 1. The maximum Gasteiger partial charge on any atom is 0.340 e. The first-order chi connectivity index (χ1) is 13.2. The van der Waals surface area contributed by atoms with E-state index in [0.29, 0.717) is 16.6 Å². The second kappa shape index (κ2) is 7.04. The van der Waals surface area contributed by atoms with Gasteiger partial charge in [0.25, 0.3) is 5.91 Å². The number of esters is 1. The molecule has 0 unspecified atom stereocenters. The van der Waals surface area contributed by atoms with Crippen LogP contribution in [0.2, 0.25) is 0 Å². The lowest BCUT2D eigenvalue weighted by Crippen LogP contribution is -2.25. The SMILES string of the molecule is CC(C)(C)OC(=O)c1cc(C#N)ccc1NC(=O)c1onc2cc(N)ccc12. The van der Waals surface area contributed by atoms with E-state index in [1.54, 1.807) is 39.0 Å². The predicted octanol–water partition coefficient (Wildman–Crippen LogP) is 3.49. The van der Waals surface area contributed by atoms with E-state index in [1.165, 1.54) is 18.2 Å². The van der Waals surface area contributed by atoms with Crippen molar-refractivity contribution in [3.63, 3.8) is 0 Å². The summed E-state index contributed by atoms with van der Waals surface area (Å²) in [4.78, 5) is 25.2. The normalized spacial score (nSPS) is 11.1. The molecular formula is C20H18N4O4. The number of nitriles is 1. The summed E-state index contributed by atoms with van der Waals surface area (Å²) in [5, 5.41) is 16.1. The molecule has 0 bridgehead atoms. The smallest absolute Gasteiger partial charge is 0.340 e. The Balaban J connectivity index is 1.95. The fraction of sp³-hybridized carbons (Fsp3) is 0.200. The van der Waals surface area contributed by atoms with Crippen molar-refractivity contribution in [3.05, 3.63) is 53.3 Å². The predicted molar refractivity (Wildman–Crippen MR) is 103 cm³/mol. The molecule has 1 heterocycles. The first kappa shape index (κ1) is 18.9. The Morgan fingerprint density at radius 3 is 2.64 bits per heavy atom. The van der Waals surface area contributed by atoms with Crippen molar-refractivity contribution in [2.75, 3.05) is 11.1 Å². The summed E-state index contributed by atoms with van der Waals surface area (Å²) in [6, 6.07) is 11.1.